The standard InChI is InChI=1S/C13H20ClN3O/c1-4-11-7-12(17(3)15-11)13(18)16(2)8-9-5-10(14)6-9/h7,9-10H,4-6,8H2,1-3H3. The van der Waals surface area contributed by atoms with Crippen LogP contribution in [-0.4, -0.2) is 39.6 Å². The van der Waals surface area contributed by atoms with E-state index in [1.54, 1.807) is 9.58 Å². The quantitative estimate of drug-likeness (QED) is 0.785. The minimum absolute atomic E-state index is 0.0442. The second-order valence-corrected chi connectivity index (χ2v) is 5.74. The van der Waals surface area contributed by atoms with Crippen LogP contribution in [0.2, 0.25) is 0 Å². The largest absolute Gasteiger partial charge is 0.340 e. The zero-order chi connectivity index (χ0) is 13.3. The summed E-state index contributed by atoms with van der Waals surface area (Å²) in [6.07, 6.45) is 2.89. The molecule has 0 N–H and O–H groups in total. The Hall–Kier alpha value is -1.03. The molecule has 1 aromatic heterocycles. The van der Waals surface area contributed by atoms with Crippen LogP contribution in [-0.2, 0) is 13.5 Å². The average molecular weight is 270 g/mol. The summed E-state index contributed by atoms with van der Waals surface area (Å²) in [5.74, 6) is 0.600. The number of carbonyl (C=O) groups excluding carboxylic acids is 1. The Bertz CT molecular complexity index is 437. The first-order valence-electron chi connectivity index (χ1n) is 6.43. The Morgan fingerprint density at radius 1 is 1.61 bits per heavy atom. The van der Waals surface area contributed by atoms with Crippen molar-refractivity contribution in [2.45, 2.75) is 31.6 Å². The smallest absolute Gasteiger partial charge is 0.271 e. The first kappa shape index (κ1) is 13.4. The van der Waals surface area contributed by atoms with Gasteiger partial charge in [-0.05, 0) is 31.2 Å². The third kappa shape index (κ3) is 2.69. The van der Waals surface area contributed by atoms with E-state index < -0.39 is 0 Å². The van der Waals surface area contributed by atoms with Gasteiger partial charge in [-0.1, -0.05) is 6.92 Å². The SMILES string of the molecule is CCc1cc(C(=O)N(C)CC2CC(Cl)C2)n(C)n1. The fourth-order valence-electron chi connectivity index (χ4n) is 2.37. The lowest BCUT2D eigenvalue weighted by Gasteiger charge is -2.34. The maximum atomic E-state index is 12.3. The topological polar surface area (TPSA) is 38.1 Å². The number of carbonyl (C=O) groups is 1. The van der Waals surface area contributed by atoms with Crippen molar-refractivity contribution in [2.75, 3.05) is 13.6 Å². The summed E-state index contributed by atoms with van der Waals surface area (Å²) >= 11 is 5.95. The van der Waals surface area contributed by atoms with E-state index >= 15 is 0 Å². The first-order valence-corrected chi connectivity index (χ1v) is 6.87. The molecular formula is C13H20ClN3O. The number of nitrogens with zero attached hydrogens (tertiary/aromatic N) is 3. The molecule has 0 atom stereocenters. The Morgan fingerprint density at radius 3 is 2.78 bits per heavy atom. The van der Waals surface area contributed by atoms with Gasteiger partial charge in [0.05, 0.1) is 5.69 Å². The Labute approximate surface area is 113 Å². The van der Waals surface area contributed by atoms with Gasteiger partial charge in [-0.2, -0.15) is 5.10 Å². The molecule has 0 aliphatic heterocycles. The molecule has 1 heterocycles. The normalized spacial score (nSPS) is 22.7. The number of hydrogen-bond donors (Lipinski definition) is 0. The molecule has 0 bridgehead atoms. The maximum absolute atomic E-state index is 12.3. The first-order chi connectivity index (χ1) is 8.51. The summed E-state index contributed by atoms with van der Waals surface area (Å²) in [5.41, 5.74) is 1.62. The maximum Gasteiger partial charge on any atom is 0.271 e. The summed E-state index contributed by atoms with van der Waals surface area (Å²) in [6.45, 7) is 2.82. The van der Waals surface area contributed by atoms with Crippen LogP contribution in [0.1, 0.15) is 35.9 Å². The molecular weight excluding hydrogens is 250 g/mol. The van der Waals surface area contributed by atoms with Crippen LogP contribution in [0.3, 0.4) is 0 Å². The van der Waals surface area contributed by atoms with Crippen molar-refractivity contribution in [3.05, 3.63) is 17.5 Å². The molecule has 18 heavy (non-hydrogen) atoms. The number of amides is 1. The third-order valence-corrected chi connectivity index (χ3v) is 3.93. The highest BCUT2D eigenvalue weighted by Crippen LogP contribution is 2.32. The second kappa shape index (κ2) is 5.31. The number of hydrogen-bond acceptors (Lipinski definition) is 2. The van der Waals surface area contributed by atoms with E-state index in [1.165, 1.54) is 0 Å². The highest BCUT2D eigenvalue weighted by Gasteiger charge is 2.29. The van der Waals surface area contributed by atoms with Gasteiger partial charge in [-0.25, -0.2) is 0 Å². The van der Waals surface area contributed by atoms with E-state index in [0.717, 1.165) is 31.5 Å². The molecule has 2 rings (SSSR count). The Kier molecular flexibility index (Phi) is 3.95. The van der Waals surface area contributed by atoms with Crippen molar-refractivity contribution >= 4 is 17.5 Å². The zero-order valence-electron chi connectivity index (χ0n) is 11.2. The van der Waals surface area contributed by atoms with Crippen molar-refractivity contribution in [1.29, 1.82) is 0 Å². The van der Waals surface area contributed by atoms with Crippen molar-refractivity contribution in [2.24, 2.45) is 13.0 Å². The lowest BCUT2D eigenvalue weighted by atomic mass is 9.84. The minimum Gasteiger partial charge on any atom is -0.340 e. The number of aromatic nitrogens is 2. The molecule has 0 unspecified atom stereocenters. The van der Waals surface area contributed by atoms with E-state index in [-0.39, 0.29) is 5.91 Å². The highest BCUT2D eigenvalue weighted by atomic mass is 35.5. The van der Waals surface area contributed by atoms with Gasteiger partial charge in [-0.15, -0.1) is 11.6 Å². The predicted octanol–water partition coefficient (Wildman–Crippen LogP) is 2.07. The van der Waals surface area contributed by atoms with Gasteiger partial charge in [0.25, 0.3) is 5.91 Å². The number of alkyl halides is 1. The van der Waals surface area contributed by atoms with Gasteiger partial charge in [0.2, 0.25) is 0 Å². The zero-order valence-corrected chi connectivity index (χ0v) is 11.9. The third-order valence-electron chi connectivity index (χ3n) is 3.57. The summed E-state index contributed by atoms with van der Waals surface area (Å²) in [4.78, 5) is 14.1. The van der Waals surface area contributed by atoms with Gasteiger partial charge in [0, 0.05) is 26.0 Å². The lowest BCUT2D eigenvalue weighted by Crippen LogP contribution is -2.38. The minimum atomic E-state index is 0.0442. The van der Waals surface area contributed by atoms with Gasteiger partial charge < -0.3 is 4.90 Å². The Balaban J connectivity index is 1.98. The second-order valence-electron chi connectivity index (χ2n) is 5.12. The number of aryl methyl sites for hydroxylation is 2. The summed E-state index contributed by atoms with van der Waals surface area (Å²) in [5, 5.41) is 4.61. The van der Waals surface area contributed by atoms with Crippen LogP contribution in [0.15, 0.2) is 6.07 Å². The average Bonchev–Trinajstić information content (AvgIpc) is 2.67. The van der Waals surface area contributed by atoms with E-state index in [4.69, 9.17) is 11.6 Å². The highest BCUT2D eigenvalue weighted by molar-refractivity contribution is 6.21. The molecule has 100 valence electrons. The molecule has 5 heteroatoms. The predicted molar refractivity (Wildman–Crippen MR) is 71.9 cm³/mol. The molecule has 1 aliphatic carbocycles. The number of rotatable bonds is 4. The molecule has 0 aromatic carbocycles. The van der Waals surface area contributed by atoms with E-state index in [1.807, 2.05) is 27.1 Å². The van der Waals surface area contributed by atoms with E-state index in [2.05, 4.69) is 5.10 Å². The van der Waals surface area contributed by atoms with Crippen molar-refractivity contribution < 1.29 is 4.79 Å². The van der Waals surface area contributed by atoms with Crippen LogP contribution in [0.5, 0.6) is 0 Å². The van der Waals surface area contributed by atoms with Gasteiger partial charge in [-0.3, -0.25) is 9.48 Å². The van der Waals surface area contributed by atoms with Crippen molar-refractivity contribution in [3.63, 3.8) is 0 Å². The van der Waals surface area contributed by atoms with Crippen LogP contribution in [0, 0.1) is 5.92 Å². The molecule has 1 saturated carbocycles. The number of halogens is 1. The van der Waals surface area contributed by atoms with E-state index in [9.17, 15) is 4.79 Å². The summed E-state index contributed by atoms with van der Waals surface area (Å²) in [6, 6.07) is 1.88. The van der Waals surface area contributed by atoms with Crippen LogP contribution >= 0.6 is 11.6 Å². The van der Waals surface area contributed by atoms with Crippen LogP contribution in [0.25, 0.3) is 0 Å². The molecule has 0 saturated heterocycles. The monoisotopic (exact) mass is 269 g/mol. The summed E-state index contributed by atoms with van der Waals surface area (Å²) < 4.78 is 1.67. The van der Waals surface area contributed by atoms with Gasteiger partial charge >= 0.3 is 0 Å². The molecule has 4 nitrogen and oxygen atoms in total. The van der Waals surface area contributed by atoms with Gasteiger partial charge in [0.15, 0.2) is 0 Å². The molecule has 0 spiro atoms. The van der Waals surface area contributed by atoms with Crippen LogP contribution < -0.4 is 0 Å². The fourth-order valence-corrected chi connectivity index (χ4v) is 2.87. The van der Waals surface area contributed by atoms with Crippen LogP contribution in [0.4, 0.5) is 0 Å². The Morgan fingerprint density at radius 2 is 2.28 bits per heavy atom. The fraction of sp³-hybridized carbons (Fsp3) is 0.692. The molecule has 1 amide bonds. The molecule has 0 radical (unpaired) electrons. The molecule has 1 aliphatic rings. The molecule has 1 fully saturated rings. The van der Waals surface area contributed by atoms with Crippen molar-refractivity contribution in [1.82, 2.24) is 14.7 Å². The lowest BCUT2D eigenvalue weighted by molar-refractivity contribution is 0.0736. The summed E-state index contributed by atoms with van der Waals surface area (Å²) in [7, 11) is 3.67. The van der Waals surface area contributed by atoms with Gasteiger partial charge in [0.1, 0.15) is 5.69 Å². The molecule has 1 aromatic rings. The van der Waals surface area contributed by atoms with Crippen molar-refractivity contribution in [3.8, 4) is 0 Å². The van der Waals surface area contributed by atoms with E-state index in [0.29, 0.717) is 17.0 Å².